The fourth-order valence-electron chi connectivity index (χ4n) is 2.56. The number of carbonyl (C=O) groups excluding carboxylic acids is 1. The molecule has 1 aromatic heterocycles. The monoisotopic (exact) mass is 291 g/mol. The lowest BCUT2D eigenvalue weighted by Gasteiger charge is -2.27. The smallest absolute Gasteiger partial charge is 0.252 e. The van der Waals surface area contributed by atoms with Gasteiger partial charge in [-0.2, -0.15) is 0 Å². The van der Waals surface area contributed by atoms with Gasteiger partial charge in [-0.1, -0.05) is 32.1 Å². The SMILES string of the molecule is CC1(C)CCCC1NC(=O)c1csc(C#CCCO)c1. The van der Waals surface area contributed by atoms with E-state index in [1.807, 2.05) is 11.4 Å². The number of aliphatic hydroxyl groups excluding tert-OH is 1. The zero-order chi connectivity index (χ0) is 14.6. The zero-order valence-electron chi connectivity index (χ0n) is 12.0. The summed E-state index contributed by atoms with van der Waals surface area (Å²) >= 11 is 1.47. The molecule has 1 amide bonds. The van der Waals surface area contributed by atoms with Crippen molar-refractivity contribution >= 4 is 17.2 Å². The maximum absolute atomic E-state index is 12.2. The van der Waals surface area contributed by atoms with E-state index in [2.05, 4.69) is 31.0 Å². The molecule has 20 heavy (non-hydrogen) atoms. The van der Waals surface area contributed by atoms with Gasteiger partial charge >= 0.3 is 0 Å². The molecular formula is C16H21NO2S. The van der Waals surface area contributed by atoms with Gasteiger partial charge in [0.2, 0.25) is 0 Å². The summed E-state index contributed by atoms with van der Waals surface area (Å²) in [6.07, 6.45) is 3.88. The minimum atomic E-state index is -0.00330. The van der Waals surface area contributed by atoms with Crippen molar-refractivity contribution in [3.63, 3.8) is 0 Å². The second-order valence-corrected chi connectivity index (χ2v) is 6.79. The molecule has 1 aliphatic carbocycles. The molecule has 1 aromatic rings. The minimum Gasteiger partial charge on any atom is -0.395 e. The highest BCUT2D eigenvalue weighted by Crippen LogP contribution is 2.37. The first-order valence-corrected chi connectivity index (χ1v) is 7.90. The standard InChI is InChI=1S/C16H21NO2S/c1-16(2)8-5-7-14(16)17-15(19)12-10-13(20-11-12)6-3-4-9-18/h10-11,14,18H,4-5,7-9H2,1-2H3,(H,17,19). The fraction of sp³-hybridized carbons (Fsp3) is 0.562. The van der Waals surface area contributed by atoms with Crippen LogP contribution in [0.1, 0.15) is 54.8 Å². The molecule has 0 bridgehead atoms. The Balaban J connectivity index is 1.98. The molecular weight excluding hydrogens is 270 g/mol. The Bertz CT molecular complexity index is 536. The van der Waals surface area contributed by atoms with E-state index in [9.17, 15) is 4.79 Å². The second kappa shape index (κ2) is 6.43. The van der Waals surface area contributed by atoms with Crippen molar-refractivity contribution < 1.29 is 9.90 Å². The van der Waals surface area contributed by atoms with Crippen LogP contribution in [0.25, 0.3) is 0 Å². The third-order valence-corrected chi connectivity index (χ3v) is 4.72. The van der Waals surface area contributed by atoms with E-state index in [0.717, 1.165) is 11.3 Å². The number of rotatable bonds is 3. The van der Waals surface area contributed by atoms with Gasteiger partial charge in [-0.05, 0) is 24.3 Å². The lowest BCUT2D eigenvalue weighted by Crippen LogP contribution is -2.41. The van der Waals surface area contributed by atoms with Gasteiger partial charge in [0.15, 0.2) is 0 Å². The molecule has 108 valence electrons. The molecule has 3 nitrogen and oxygen atoms in total. The van der Waals surface area contributed by atoms with Crippen molar-refractivity contribution in [1.82, 2.24) is 5.32 Å². The summed E-state index contributed by atoms with van der Waals surface area (Å²) in [6, 6.07) is 2.09. The summed E-state index contributed by atoms with van der Waals surface area (Å²) in [5.41, 5.74) is 0.876. The predicted molar refractivity (Wildman–Crippen MR) is 81.8 cm³/mol. The summed E-state index contributed by atoms with van der Waals surface area (Å²) in [4.78, 5) is 13.1. The van der Waals surface area contributed by atoms with Crippen LogP contribution in [0.3, 0.4) is 0 Å². The molecule has 0 spiro atoms. The summed E-state index contributed by atoms with van der Waals surface area (Å²) in [6.45, 7) is 4.50. The number of aliphatic hydroxyl groups is 1. The molecule has 1 aliphatic rings. The Labute approximate surface area is 124 Å². The maximum atomic E-state index is 12.2. The average Bonchev–Trinajstić information content (AvgIpc) is 2.98. The van der Waals surface area contributed by atoms with Crippen LogP contribution in [0.4, 0.5) is 0 Å². The van der Waals surface area contributed by atoms with E-state index >= 15 is 0 Å². The van der Waals surface area contributed by atoms with Crippen molar-refractivity contribution in [2.75, 3.05) is 6.61 Å². The first-order valence-electron chi connectivity index (χ1n) is 7.02. The van der Waals surface area contributed by atoms with Gasteiger partial charge in [0, 0.05) is 17.8 Å². The Morgan fingerprint density at radius 3 is 3.05 bits per heavy atom. The quantitative estimate of drug-likeness (QED) is 0.841. The van der Waals surface area contributed by atoms with Crippen molar-refractivity contribution in [1.29, 1.82) is 0 Å². The number of hydrogen-bond donors (Lipinski definition) is 2. The highest BCUT2D eigenvalue weighted by Gasteiger charge is 2.35. The minimum absolute atomic E-state index is 0.00330. The molecule has 1 atom stereocenters. The van der Waals surface area contributed by atoms with Crippen LogP contribution in [-0.2, 0) is 0 Å². The highest BCUT2D eigenvalue weighted by atomic mass is 32.1. The molecule has 0 saturated heterocycles. The number of hydrogen-bond acceptors (Lipinski definition) is 3. The van der Waals surface area contributed by atoms with Gasteiger partial charge in [0.1, 0.15) is 0 Å². The third-order valence-electron chi connectivity index (χ3n) is 3.87. The lowest BCUT2D eigenvalue weighted by atomic mass is 9.87. The second-order valence-electron chi connectivity index (χ2n) is 5.88. The van der Waals surface area contributed by atoms with Crippen LogP contribution in [0, 0.1) is 17.3 Å². The van der Waals surface area contributed by atoms with Crippen molar-refractivity contribution in [2.24, 2.45) is 5.41 Å². The van der Waals surface area contributed by atoms with Crippen LogP contribution in [-0.4, -0.2) is 23.7 Å². The van der Waals surface area contributed by atoms with Gasteiger partial charge in [0.25, 0.3) is 5.91 Å². The van der Waals surface area contributed by atoms with Gasteiger partial charge in [-0.3, -0.25) is 4.79 Å². The van der Waals surface area contributed by atoms with Gasteiger partial charge < -0.3 is 10.4 Å². The van der Waals surface area contributed by atoms with Gasteiger partial charge in [0.05, 0.1) is 17.0 Å². The number of thiophene rings is 1. The molecule has 1 fully saturated rings. The first kappa shape index (κ1) is 15.1. The van der Waals surface area contributed by atoms with Crippen LogP contribution >= 0.6 is 11.3 Å². The van der Waals surface area contributed by atoms with Crippen molar-refractivity contribution in [2.45, 2.75) is 45.6 Å². The van der Waals surface area contributed by atoms with Crippen LogP contribution < -0.4 is 5.32 Å². The Hall–Kier alpha value is -1.31. The van der Waals surface area contributed by atoms with E-state index in [-0.39, 0.29) is 24.0 Å². The molecule has 1 saturated carbocycles. The van der Waals surface area contributed by atoms with Crippen LogP contribution in [0.2, 0.25) is 0 Å². The lowest BCUT2D eigenvalue weighted by molar-refractivity contribution is 0.0910. The molecule has 2 N–H and O–H groups in total. The zero-order valence-corrected chi connectivity index (χ0v) is 12.8. The molecule has 1 unspecified atom stereocenters. The summed E-state index contributed by atoms with van der Waals surface area (Å²) in [7, 11) is 0. The Kier molecular flexibility index (Phi) is 4.85. The van der Waals surface area contributed by atoms with Crippen LogP contribution in [0.15, 0.2) is 11.4 Å². The van der Waals surface area contributed by atoms with Gasteiger partial charge in [-0.15, -0.1) is 11.3 Å². The van der Waals surface area contributed by atoms with E-state index in [1.54, 1.807) is 0 Å². The number of carbonyl (C=O) groups is 1. The van der Waals surface area contributed by atoms with Crippen molar-refractivity contribution in [3.8, 4) is 11.8 Å². The largest absolute Gasteiger partial charge is 0.395 e. The third kappa shape index (κ3) is 3.62. The Morgan fingerprint density at radius 1 is 1.60 bits per heavy atom. The first-order chi connectivity index (χ1) is 9.53. The Morgan fingerprint density at radius 2 is 2.40 bits per heavy atom. The number of nitrogens with one attached hydrogen (secondary N) is 1. The topological polar surface area (TPSA) is 49.3 Å². The van der Waals surface area contributed by atoms with Crippen LogP contribution in [0.5, 0.6) is 0 Å². The molecule has 4 heteroatoms. The predicted octanol–water partition coefficient (Wildman–Crippen LogP) is 2.79. The average molecular weight is 291 g/mol. The van der Waals surface area contributed by atoms with Gasteiger partial charge in [-0.25, -0.2) is 0 Å². The maximum Gasteiger partial charge on any atom is 0.252 e. The van der Waals surface area contributed by atoms with E-state index in [0.29, 0.717) is 12.0 Å². The summed E-state index contributed by atoms with van der Waals surface area (Å²) in [5.74, 6) is 5.82. The summed E-state index contributed by atoms with van der Waals surface area (Å²) < 4.78 is 0. The molecule has 0 aromatic carbocycles. The molecule has 0 radical (unpaired) electrons. The van der Waals surface area contributed by atoms with E-state index in [1.165, 1.54) is 24.2 Å². The normalized spacial score (nSPS) is 20.2. The molecule has 2 rings (SSSR count). The molecule has 0 aliphatic heterocycles. The van der Waals surface area contributed by atoms with E-state index in [4.69, 9.17) is 5.11 Å². The van der Waals surface area contributed by atoms with Crippen molar-refractivity contribution in [3.05, 3.63) is 21.9 Å². The number of amides is 1. The summed E-state index contributed by atoms with van der Waals surface area (Å²) in [5, 5.41) is 13.7. The highest BCUT2D eigenvalue weighted by molar-refractivity contribution is 7.10. The molecule has 1 heterocycles. The van der Waals surface area contributed by atoms with E-state index < -0.39 is 0 Å². The fourth-order valence-corrected chi connectivity index (χ4v) is 3.32.